The molecule has 0 bridgehead atoms. The molecule has 0 aromatic heterocycles. The first-order valence-electron chi connectivity index (χ1n) is 5.71. The number of aliphatic hydroxyl groups is 1. The average molecular weight is 298 g/mol. The van der Waals surface area contributed by atoms with Gasteiger partial charge in [-0.15, -0.1) is 0 Å². The molecular weight excluding hydrogens is 283 g/mol. The Kier molecular flexibility index (Phi) is 6.41. The van der Waals surface area contributed by atoms with Crippen molar-refractivity contribution in [3.05, 3.63) is 29.3 Å². The van der Waals surface area contributed by atoms with E-state index in [9.17, 15) is 18.3 Å². The van der Waals surface area contributed by atoms with E-state index >= 15 is 0 Å². The number of aliphatic hydroxyl groups excluding tert-OH is 1. The van der Waals surface area contributed by atoms with Gasteiger partial charge in [0.05, 0.1) is 6.42 Å². The van der Waals surface area contributed by atoms with Gasteiger partial charge in [-0.2, -0.15) is 13.2 Å². The lowest BCUT2D eigenvalue weighted by Gasteiger charge is -2.13. The lowest BCUT2D eigenvalue weighted by molar-refractivity contribution is -0.133. The van der Waals surface area contributed by atoms with E-state index in [4.69, 9.17) is 16.3 Å². The fraction of sp³-hybridized carbons (Fsp3) is 0.500. The molecule has 0 heterocycles. The first-order chi connectivity index (χ1) is 8.87. The lowest BCUT2D eigenvalue weighted by Crippen LogP contribution is -2.33. The Balaban J connectivity index is 2.14. The van der Waals surface area contributed by atoms with Crippen LogP contribution < -0.4 is 10.1 Å². The van der Waals surface area contributed by atoms with Crippen LogP contribution in [0.5, 0.6) is 5.75 Å². The minimum absolute atomic E-state index is 0.000645. The SMILES string of the molecule is OC(CNCCC(F)(F)F)COc1ccc(Cl)cc1. The van der Waals surface area contributed by atoms with Gasteiger partial charge in [0.15, 0.2) is 0 Å². The Morgan fingerprint density at radius 2 is 1.89 bits per heavy atom. The highest BCUT2D eigenvalue weighted by molar-refractivity contribution is 6.30. The molecule has 0 fully saturated rings. The maximum atomic E-state index is 11.8. The number of ether oxygens (including phenoxy) is 1. The zero-order valence-corrected chi connectivity index (χ0v) is 10.8. The van der Waals surface area contributed by atoms with Gasteiger partial charge < -0.3 is 15.2 Å². The molecule has 0 aliphatic carbocycles. The van der Waals surface area contributed by atoms with Crippen molar-refractivity contribution in [2.24, 2.45) is 0 Å². The van der Waals surface area contributed by atoms with E-state index in [2.05, 4.69) is 5.32 Å². The molecule has 1 aromatic rings. The number of halogens is 4. The van der Waals surface area contributed by atoms with Crippen LogP contribution in [0, 0.1) is 0 Å². The molecule has 7 heteroatoms. The first kappa shape index (κ1) is 16.1. The van der Waals surface area contributed by atoms with Gasteiger partial charge in [-0.25, -0.2) is 0 Å². The summed E-state index contributed by atoms with van der Waals surface area (Å²) in [5.74, 6) is 0.541. The highest BCUT2D eigenvalue weighted by Crippen LogP contribution is 2.18. The van der Waals surface area contributed by atoms with Gasteiger partial charge in [0.1, 0.15) is 18.5 Å². The molecule has 1 unspecified atom stereocenters. The highest BCUT2D eigenvalue weighted by Gasteiger charge is 2.26. The number of hydrogen-bond donors (Lipinski definition) is 2. The highest BCUT2D eigenvalue weighted by atomic mass is 35.5. The van der Waals surface area contributed by atoms with Gasteiger partial charge in [0.2, 0.25) is 0 Å². The third-order valence-electron chi connectivity index (χ3n) is 2.22. The lowest BCUT2D eigenvalue weighted by atomic mass is 10.3. The molecule has 108 valence electrons. The predicted octanol–water partition coefficient (Wildman–Crippen LogP) is 2.62. The van der Waals surface area contributed by atoms with Crippen LogP contribution in [-0.4, -0.2) is 37.1 Å². The molecule has 0 spiro atoms. The first-order valence-corrected chi connectivity index (χ1v) is 6.08. The molecule has 0 amide bonds. The van der Waals surface area contributed by atoms with E-state index in [-0.39, 0.29) is 19.7 Å². The zero-order valence-electron chi connectivity index (χ0n) is 10.1. The van der Waals surface area contributed by atoms with Gasteiger partial charge in [-0.05, 0) is 24.3 Å². The van der Waals surface area contributed by atoms with Crippen LogP contribution in [0.1, 0.15) is 6.42 Å². The summed E-state index contributed by atoms with van der Waals surface area (Å²) >= 11 is 5.69. The Bertz CT molecular complexity index is 370. The van der Waals surface area contributed by atoms with Crippen LogP contribution in [0.15, 0.2) is 24.3 Å². The molecule has 0 aliphatic rings. The molecule has 0 aliphatic heterocycles. The molecule has 0 saturated carbocycles. The maximum Gasteiger partial charge on any atom is 0.390 e. The summed E-state index contributed by atoms with van der Waals surface area (Å²) in [6, 6.07) is 6.58. The monoisotopic (exact) mass is 297 g/mol. The topological polar surface area (TPSA) is 41.5 Å². The zero-order chi connectivity index (χ0) is 14.3. The number of rotatable bonds is 7. The van der Waals surface area contributed by atoms with Crippen molar-refractivity contribution in [2.45, 2.75) is 18.7 Å². The normalized spacial score (nSPS) is 13.3. The molecule has 0 radical (unpaired) electrons. The third-order valence-corrected chi connectivity index (χ3v) is 2.47. The second-order valence-corrected chi connectivity index (χ2v) is 4.42. The minimum Gasteiger partial charge on any atom is -0.491 e. The molecule has 1 rings (SSSR count). The Morgan fingerprint density at radius 1 is 1.26 bits per heavy atom. The van der Waals surface area contributed by atoms with Crippen molar-refractivity contribution < 1.29 is 23.0 Å². The molecule has 1 aromatic carbocycles. The molecule has 2 N–H and O–H groups in total. The molecule has 0 saturated heterocycles. The number of hydrogen-bond acceptors (Lipinski definition) is 3. The van der Waals surface area contributed by atoms with Crippen molar-refractivity contribution in [2.75, 3.05) is 19.7 Å². The van der Waals surface area contributed by atoms with E-state index in [1.165, 1.54) is 0 Å². The van der Waals surface area contributed by atoms with E-state index in [0.717, 1.165) is 0 Å². The molecular formula is C12H15ClF3NO2. The van der Waals surface area contributed by atoms with E-state index in [1.54, 1.807) is 24.3 Å². The average Bonchev–Trinajstić information content (AvgIpc) is 2.33. The summed E-state index contributed by atoms with van der Waals surface area (Å²) in [4.78, 5) is 0. The summed E-state index contributed by atoms with van der Waals surface area (Å²) < 4.78 is 40.8. The number of alkyl halides is 3. The van der Waals surface area contributed by atoms with Crippen LogP contribution in [0.25, 0.3) is 0 Å². The fourth-order valence-corrected chi connectivity index (χ4v) is 1.41. The second-order valence-electron chi connectivity index (χ2n) is 3.99. The van der Waals surface area contributed by atoms with Crippen molar-refractivity contribution in [3.63, 3.8) is 0 Å². The third kappa shape index (κ3) is 7.92. The van der Waals surface area contributed by atoms with Gasteiger partial charge in [-0.1, -0.05) is 11.6 Å². The van der Waals surface area contributed by atoms with E-state index in [0.29, 0.717) is 10.8 Å². The van der Waals surface area contributed by atoms with Crippen LogP contribution in [0.3, 0.4) is 0 Å². The number of benzene rings is 1. The van der Waals surface area contributed by atoms with Crippen molar-refractivity contribution in [1.29, 1.82) is 0 Å². The van der Waals surface area contributed by atoms with Crippen molar-refractivity contribution in [1.82, 2.24) is 5.32 Å². The summed E-state index contributed by atoms with van der Waals surface area (Å²) in [6.45, 7) is -0.175. The smallest absolute Gasteiger partial charge is 0.390 e. The van der Waals surface area contributed by atoms with Crippen LogP contribution in [0.4, 0.5) is 13.2 Å². The minimum atomic E-state index is -4.18. The Morgan fingerprint density at radius 3 is 2.47 bits per heavy atom. The van der Waals surface area contributed by atoms with Crippen LogP contribution in [0.2, 0.25) is 5.02 Å². The fourth-order valence-electron chi connectivity index (χ4n) is 1.28. The van der Waals surface area contributed by atoms with Gasteiger partial charge in [-0.3, -0.25) is 0 Å². The number of nitrogens with one attached hydrogen (secondary N) is 1. The Hall–Kier alpha value is -0.980. The van der Waals surface area contributed by atoms with Crippen molar-refractivity contribution in [3.8, 4) is 5.75 Å². The maximum absolute atomic E-state index is 11.8. The standard InChI is InChI=1S/C12H15ClF3NO2/c13-9-1-3-11(4-2-9)19-8-10(18)7-17-6-5-12(14,15)16/h1-4,10,17-18H,5-8H2. The summed E-state index contributed by atoms with van der Waals surface area (Å²) in [6.07, 6.45) is -5.97. The van der Waals surface area contributed by atoms with E-state index in [1.807, 2.05) is 0 Å². The van der Waals surface area contributed by atoms with Gasteiger partial charge in [0.25, 0.3) is 0 Å². The Labute approximate surface area is 114 Å². The molecule has 3 nitrogen and oxygen atoms in total. The van der Waals surface area contributed by atoms with Gasteiger partial charge in [0, 0.05) is 18.1 Å². The quantitative estimate of drug-likeness (QED) is 0.760. The van der Waals surface area contributed by atoms with Crippen LogP contribution >= 0.6 is 11.6 Å². The van der Waals surface area contributed by atoms with E-state index < -0.39 is 18.7 Å². The van der Waals surface area contributed by atoms with Gasteiger partial charge >= 0.3 is 6.18 Å². The molecule has 1 atom stereocenters. The molecule has 19 heavy (non-hydrogen) atoms. The summed E-state index contributed by atoms with van der Waals surface area (Å²) in [5.41, 5.74) is 0. The van der Waals surface area contributed by atoms with Crippen molar-refractivity contribution >= 4 is 11.6 Å². The largest absolute Gasteiger partial charge is 0.491 e. The summed E-state index contributed by atoms with van der Waals surface area (Å²) in [7, 11) is 0. The second kappa shape index (κ2) is 7.57. The van der Waals surface area contributed by atoms with Crippen LogP contribution in [-0.2, 0) is 0 Å². The summed E-state index contributed by atoms with van der Waals surface area (Å²) in [5, 5.41) is 12.6. The predicted molar refractivity (Wildman–Crippen MR) is 66.5 cm³/mol.